The highest BCUT2D eigenvalue weighted by molar-refractivity contribution is 5.68. The highest BCUT2D eigenvalue weighted by atomic mass is 19.1. The predicted molar refractivity (Wildman–Crippen MR) is 82.4 cm³/mol. The fourth-order valence-electron chi connectivity index (χ4n) is 1.88. The molecule has 4 nitrogen and oxygen atoms in total. The molecule has 0 radical (unpaired) electrons. The molecular formula is C16H19FN2O2. The molecule has 0 aliphatic heterocycles. The van der Waals surface area contributed by atoms with E-state index in [0.29, 0.717) is 24.5 Å². The summed E-state index contributed by atoms with van der Waals surface area (Å²) in [5, 5.41) is 3.15. The minimum atomic E-state index is -0.465. The van der Waals surface area contributed by atoms with Crippen LogP contribution in [0.25, 0.3) is 0 Å². The number of ether oxygens (including phenoxy) is 2. The average molecular weight is 290 g/mol. The third kappa shape index (κ3) is 4.27. The Bertz CT molecular complexity index is 576. The normalized spacial score (nSPS) is 10.2. The Morgan fingerprint density at radius 3 is 2.67 bits per heavy atom. The first-order valence-corrected chi connectivity index (χ1v) is 6.75. The first-order valence-electron chi connectivity index (χ1n) is 6.75. The Morgan fingerprint density at radius 1 is 1.19 bits per heavy atom. The smallest absolute Gasteiger partial charge is 0.167 e. The molecule has 3 N–H and O–H groups in total. The van der Waals surface area contributed by atoms with E-state index in [4.69, 9.17) is 15.2 Å². The Balaban J connectivity index is 1.78. The van der Waals surface area contributed by atoms with Crippen molar-refractivity contribution in [1.82, 2.24) is 0 Å². The zero-order valence-electron chi connectivity index (χ0n) is 11.9. The van der Waals surface area contributed by atoms with Crippen LogP contribution in [0.4, 0.5) is 15.8 Å². The van der Waals surface area contributed by atoms with E-state index in [1.54, 1.807) is 6.07 Å². The SMILES string of the molecule is COc1cc(NCCCOc2ccccc2)c(N)cc1F. The van der Waals surface area contributed by atoms with Crippen LogP contribution in [0, 0.1) is 5.82 Å². The van der Waals surface area contributed by atoms with Gasteiger partial charge in [-0.25, -0.2) is 4.39 Å². The summed E-state index contributed by atoms with van der Waals surface area (Å²) in [7, 11) is 1.42. The van der Waals surface area contributed by atoms with Crippen molar-refractivity contribution in [2.75, 3.05) is 31.3 Å². The standard InChI is InChI=1S/C16H19FN2O2/c1-20-16-11-15(14(18)10-13(16)17)19-8-5-9-21-12-6-3-2-4-7-12/h2-4,6-7,10-11,19H,5,8-9,18H2,1H3. The van der Waals surface area contributed by atoms with Crippen LogP contribution in [-0.4, -0.2) is 20.3 Å². The molecule has 2 rings (SSSR count). The predicted octanol–water partition coefficient (Wildman–Crippen LogP) is 3.30. The van der Waals surface area contributed by atoms with E-state index in [1.807, 2.05) is 30.3 Å². The fraction of sp³-hybridized carbons (Fsp3) is 0.250. The lowest BCUT2D eigenvalue weighted by molar-refractivity contribution is 0.315. The summed E-state index contributed by atoms with van der Waals surface area (Å²) in [6.07, 6.45) is 0.800. The number of halogens is 1. The second kappa shape index (κ2) is 7.38. The van der Waals surface area contributed by atoms with Gasteiger partial charge in [-0.15, -0.1) is 0 Å². The summed E-state index contributed by atoms with van der Waals surface area (Å²) in [5.41, 5.74) is 6.78. The lowest BCUT2D eigenvalue weighted by atomic mass is 10.2. The molecule has 0 unspecified atom stereocenters. The number of anilines is 2. The molecule has 0 atom stereocenters. The molecule has 0 saturated carbocycles. The minimum Gasteiger partial charge on any atom is -0.494 e. The first-order chi connectivity index (χ1) is 10.2. The Kier molecular flexibility index (Phi) is 5.26. The van der Waals surface area contributed by atoms with Gasteiger partial charge in [0.25, 0.3) is 0 Å². The van der Waals surface area contributed by atoms with Gasteiger partial charge in [0.1, 0.15) is 5.75 Å². The van der Waals surface area contributed by atoms with E-state index >= 15 is 0 Å². The highest BCUT2D eigenvalue weighted by Crippen LogP contribution is 2.27. The van der Waals surface area contributed by atoms with Crippen molar-refractivity contribution < 1.29 is 13.9 Å². The monoisotopic (exact) mass is 290 g/mol. The molecule has 2 aromatic rings. The second-order valence-corrected chi connectivity index (χ2v) is 4.52. The maximum absolute atomic E-state index is 13.4. The quantitative estimate of drug-likeness (QED) is 0.607. The zero-order valence-corrected chi connectivity index (χ0v) is 11.9. The molecule has 0 bridgehead atoms. The summed E-state index contributed by atoms with van der Waals surface area (Å²) in [6.45, 7) is 1.26. The fourth-order valence-corrected chi connectivity index (χ4v) is 1.88. The van der Waals surface area contributed by atoms with Crippen LogP contribution in [0.5, 0.6) is 11.5 Å². The molecule has 0 aliphatic rings. The third-order valence-electron chi connectivity index (χ3n) is 2.97. The van der Waals surface area contributed by atoms with E-state index in [2.05, 4.69) is 5.32 Å². The zero-order chi connectivity index (χ0) is 15.1. The van der Waals surface area contributed by atoms with Crippen molar-refractivity contribution in [2.45, 2.75) is 6.42 Å². The molecule has 112 valence electrons. The average Bonchev–Trinajstić information content (AvgIpc) is 2.50. The number of rotatable bonds is 7. The largest absolute Gasteiger partial charge is 0.494 e. The molecule has 0 heterocycles. The van der Waals surface area contributed by atoms with E-state index < -0.39 is 5.82 Å². The van der Waals surface area contributed by atoms with Crippen molar-refractivity contribution in [3.63, 3.8) is 0 Å². The van der Waals surface area contributed by atoms with Gasteiger partial charge in [-0.1, -0.05) is 18.2 Å². The summed E-state index contributed by atoms with van der Waals surface area (Å²) in [4.78, 5) is 0. The number of benzene rings is 2. The molecule has 5 heteroatoms. The number of hydrogen-bond donors (Lipinski definition) is 2. The molecule has 0 aromatic heterocycles. The van der Waals surface area contributed by atoms with Gasteiger partial charge < -0.3 is 20.5 Å². The number of nitrogens with two attached hydrogens (primary N) is 1. The molecular weight excluding hydrogens is 271 g/mol. The topological polar surface area (TPSA) is 56.5 Å². The Hall–Kier alpha value is -2.43. The van der Waals surface area contributed by atoms with Gasteiger partial charge in [-0.2, -0.15) is 0 Å². The molecule has 0 aliphatic carbocycles. The Labute approximate surface area is 123 Å². The summed E-state index contributed by atoms with van der Waals surface area (Å²) in [6, 6.07) is 12.4. The van der Waals surface area contributed by atoms with Crippen LogP contribution in [0.2, 0.25) is 0 Å². The van der Waals surface area contributed by atoms with Gasteiger partial charge in [0.2, 0.25) is 0 Å². The van der Waals surface area contributed by atoms with Gasteiger partial charge >= 0.3 is 0 Å². The van der Waals surface area contributed by atoms with Gasteiger partial charge in [0.15, 0.2) is 11.6 Å². The van der Waals surface area contributed by atoms with Crippen molar-refractivity contribution in [3.8, 4) is 11.5 Å². The molecule has 0 saturated heterocycles. The minimum absolute atomic E-state index is 0.173. The van der Waals surface area contributed by atoms with E-state index in [9.17, 15) is 4.39 Å². The van der Waals surface area contributed by atoms with Gasteiger partial charge in [-0.05, 0) is 18.6 Å². The van der Waals surface area contributed by atoms with Crippen LogP contribution in [-0.2, 0) is 0 Å². The Morgan fingerprint density at radius 2 is 1.95 bits per heavy atom. The van der Waals surface area contributed by atoms with E-state index in [-0.39, 0.29) is 5.75 Å². The van der Waals surface area contributed by atoms with Crippen LogP contribution in [0.1, 0.15) is 6.42 Å². The molecule has 0 fully saturated rings. The number of para-hydroxylation sites is 1. The lowest BCUT2D eigenvalue weighted by Gasteiger charge is -2.12. The molecule has 0 amide bonds. The maximum Gasteiger partial charge on any atom is 0.167 e. The van der Waals surface area contributed by atoms with Crippen LogP contribution in [0.15, 0.2) is 42.5 Å². The van der Waals surface area contributed by atoms with E-state index in [0.717, 1.165) is 12.2 Å². The van der Waals surface area contributed by atoms with Crippen LogP contribution in [0.3, 0.4) is 0 Å². The van der Waals surface area contributed by atoms with Crippen LogP contribution >= 0.6 is 0 Å². The summed E-state index contributed by atoms with van der Waals surface area (Å²) < 4.78 is 23.9. The molecule has 2 aromatic carbocycles. The van der Waals surface area contributed by atoms with Crippen molar-refractivity contribution in [1.29, 1.82) is 0 Å². The maximum atomic E-state index is 13.4. The summed E-state index contributed by atoms with van der Waals surface area (Å²) >= 11 is 0. The van der Waals surface area contributed by atoms with Crippen molar-refractivity contribution in [2.24, 2.45) is 0 Å². The number of hydrogen-bond acceptors (Lipinski definition) is 4. The van der Waals surface area contributed by atoms with Gasteiger partial charge in [0, 0.05) is 18.7 Å². The number of methoxy groups -OCH3 is 1. The third-order valence-corrected chi connectivity index (χ3v) is 2.97. The van der Waals surface area contributed by atoms with Crippen molar-refractivity contribution in [3.05, 3.63) is 48.3 Å². The highest BCUT2D eigenvalue weighted by Gasteiger charge is 2.07. The molecule has 0 spiro atoms. The lowest BCUT2D eigenvalue weighted by Crippen LogP contribution is -2.09. The van der Waals surface area contributed by atoms with Gasteiger partial charge in [-0.3, -0.25) is 0 Å². The van der Waals surface area contributed by atoms with E-state index in [1.165, 1.54) is 13.2 Å². The van der Waals surface area contributed by atoms with Gasteiger partial charge in [0.05, 0.1) is 25.1 Å². The number of nitrogen functional groups attached to an aromatic ring is 1. The summed E-state index contributed by atoms with van der Waals surface area (Å²) in [5.74, 6) is 0.556. The van der Waals surface area contributed by atoms with Crippen molar-refractivity contribution >= 4 is 11.4 Å². The second-order valence-electron chi connectivity index (χ2n) is 4.52. The van der Waals surface area contributed by atoms with Crippen LogP contribution < -0.4 is 20.5 Å². The first kappa shape index (κ1) is 15.0. The molecule has 21 heavy (non-hydrogen) atoms. The number of nitrogens with one attached hydrogen (secondary N) is 1.